The summed E-state index contributed by atoms with van der Waals surface area (Å²) >= 11 is 7.18. The smallest absolute Gasteiger partial charge is 0.0418 e. The Labute approximate surface area is 127 Å². The molecule has 1 heterocycles. The number of rotatable bonds is 4. The van der Waals surface area contributed by atoms with Crippen LogP contribution in [-0.2, 0) is 5.33 Å². The Bertz CT molecular complexity index is 384. The van der Waals surface area contributed by atoms with Crippen LogP contribution < -0.4 is 4.90 Å². The Morgan fingerprint density at radius 1 is 1.28 bits per heavy atom. The zero-order chi connectivity index (χ0) is 13.0. The first kappa shape index (κ1) is 14.4. The van der Waals surface area contributed by atoms with Crippen LogP contribution in [0.3, 0.4) is 0 Å². The molecular formula is C15H21Br2N. The highest BCUT2D eigenvalue weighted by atomic mass is 79.9. The lowest BCUT2D eigenvalue weighted by atomic mass is 9.92. The fourth-order valence-corrected chi connectivity index (χ4v) is 3.64. The number of hydrogen-bond donors (Lipinski definition) is 0. The number of nitrogens with zero attached hydrogens (tertiary/aromatic N) is 1. The molecule has 0 spiro atoms. The van der Waals surface area contributed by atoms with E-state index in [1.54, 1.807) is 0 Å². The third-order valence-electron chi connectivity index (χ3n) is 3.84. The molecule has 2 rings (SSSR count). The standard InChI is InChI=1S/C15H21Br2N/c1-2-3-12-6-8-18(9-7-12)15-10-14(17)5-4-13(15)11-16/h4-5,10,12H,2-3,6-9,11H2,1H3. The molecule has 1 nitrogen and oxygen atoms in total. The van der Waals surface area contributed by atoms with Crippen molar-refractivity contribution in [3.05, 3.63) is 28.2 Å². The van der Waals surface area contributed by atoms with E-state index in [2.05, 4.69) is 61.9 Å². The number of piperidine rings is 1. The van der Waals surface area contributed by atoms with Crippen LogP contribution in [0.25, 0.3) is 0 Å². The van der Waals surface area contributed by atoms with Crippen LogP contribution in [0.1, 0.15) is 38.2 Å². The number of anilines is 1. The third-order valence-corrected chi connectivity index (χ3v) is 4.94. The quantitative estimate of drug-likeness (QED) is 0.641. The van der Waals surface area contributed by atoms with Crippen LogP contribution in [0.5, 0.6) is 0 Å². The maximum absolute atomic E-state index is 3.59. The lowest BCUT2D eigenvalue weighted by Gasteiger charge is -2.34. The summed E-state index contributed by atoms with van der Waals surface area (Å²) in [5.41, 5.74) is 2.79. The topological polar surface area (TPSA) is 3.24 Å². The van der Waals surface area contributed by atoms with Gasteiger partial charge in [0.1, 0.15) is 0 Å². The van der Waals surface area contributed by atoms with E-state index in [-0.39, 0.29) is 0 Å². The van der Waals surface area contributed by atoms with Gasteiger partial charge in [0, 0.05) is 28.6 Å². The molecule has 1 aromatic rings. The summed E-state index contributed by atoms with van der Waals surface area (Å²) in [4.78, 5) is 2.55. The van der Waals surface area contributed by atoms with Gasteiger partial charge in [0.15, 0.2) is 0 Å². The van der Waals surface area contributed by atoms with Crippen LogP contribution in [0.4, 0.5) is 5.69 Å². The summed E-state index contributed by atoms with van der Waals surface area (Å²) in [6.45, 7) is 4.71. The lowest BCUT2D eigenvalue weighted by Crippen LogP contribution is -2.34. The maximum atomic E-state index is 3.59. The first-order valence-electron chi connectivity index (χ1n) is 6.84. The van der Waals surface area contributed by atoms with E-state index in [0.29, 0.717) is 0 Å². The molecule has 0 amide bonds. The summed E-state index contributed by atoms with van der Waals surface area (Å²) in [5.74, 6) is 0.950. The molecule has 0 radical (unpaired) electrons. The van der Waals surface area contributed by atoms with Crippen molar-refractivity contribution in [2.45, 2.75) is 37.9 Å². The van der Waals surface area contributed by atoms with Crippen molar-refractivity contribution in [3.8, 4) is 0 Å². The van der Waals surface area contributed by atoms with Crippen molar-refractivity contribution in [2.75, 3.05) is 18.0 Å². The van der Waals surface area contributed by atoms with Gasteiger partial charge in [-0.1, -0.05) is 57.7 Å². The molecule has 18 heavy (non-hydrogen) atoms. The second-order valence-corrected chi connectivity index (χ2v) is 6.60. The normalized spacial score (nSPS) is 17.2. The summed E-state index contributed by atoms with van der Waals surface area (Å²) < 4.78 is 1.18. The fraction of sp³-hybridized carbons (Fsp3) is 0.600. The molecule has 0 bridgehead atoms. The highest BCUT2D eigenvalue weighted by Gasteiger charge is 2.20. The van der Waals surface area contributed by atoms with Crippen molar-refractivity contribution < 1.29 is 0 Å². The van der Waals surface area contributed by atoms with Crippen LogP contribution in [0.2, 0.25) is 0 Å². The van der Waals surface area contributed by atoms with Crippen LogP contribution in [0, 0.1) is 5.92 Å². The van der Waals surface area contributed by atoms with Crippen LogP contribution in [-0.4, -0.2) is 13.1 Å². The molecule has 0 saturated carbocycles. The Hall–Kier alpha value is -0.0200. The SMILES string of the molecule is CCCC1CCN(c2cc(Br)ccc2CBr)CC1. The van der Waals surface area contributed by atoms with E-state index in [9.17, 15) is 0 Å². The monoisotopic (exact) mass is 373 g/mol. The van der Waals surface area contributed by atoms with Gasteiger partial charge in [-0.05, 0) is 36.5 Å². The maximum Gasteiger partial charge on any atom is 0.0418 e. The molecule has 1 aliphatic heterocycles. The van der Waals surface area contributed by atoms with Gasteiger partial charge in [-0.3, -0.25) is 0 Å². The first-order valence-corrected chi connectivity index (χ1v) is 8.75. The minimum absolute atomic E-state index is 0.935. The van der Waals surface area contributed by atoms with E-state index in [1.165, 1.54) is 54.5 Å². The largest absolute Gasteiger partial charge is 0.371 e. The van der Waals surface area contributed by atoms with E-state index in [1.807, 2.05) is 0 Å². The minimum Gasteiger partial charge on any atom is -0.371 e. The molecule has 0 unspecified atom stereocenters. The predicted molar refractivity (Wildman–Crippen MR) is 86.6 cm³/mol. The van der Waals surface area contributed by atoms with Gasteiger partial charge in [0.2, 0.25) is 0 Å². The third kappa shape index (κ3) is 3.51. The highest BCUT2D eigenvalue weighted by Crippen LogP contribution is 2.31. The number of hydrogen-bond acceptors (Lipinski definition) is 1. The Balaban J connectivity index is 2.06. The number of halogens is 2. The lowest BCUT2D eigenvalue weighted by molar-refractivity contribution is 0.378. The van der Waals surface area contributed by atoms with Crippen molar-refractivity contribution in [3.63, 3.8) is 0 Å². The van der Waals surface area contributed by atoms with Crippen LogP contribution in [0.15, 0.2) is 22.7 Å². The molecule has 1 aliphatic rings. The van der Waals surface area contributed by atoms with Gasteiger partial charge in [0.25, 0.3) is 0 Å². The first-order chi connectivity index (χ1) is 8.74. The zero-order valence-electron chi connectivity index (χ0n) is 11.0. The fourth-order valence-electron chi connectivity index (χ4n) is 2.82. The average Bonchev–Trinajstić information content (AvgIpc) is 2.40. The molecule has 0 N–H and O–H groups in total. The second kappa shape index (κ2) is 6.95. The van der Waals surface area contributed by atoms with Crippen molar-refractivity contribution in [1.29, 1.82) is 0 Å². The van der Waals surface area contributed by atoms with Gasteiger partial charge < -0.3 is 4.90 Å². The second-order valence-electron chi connectivity index (χ2n) is 5.13. The molecule has 1 saturated heterocycles. The van der Waals surface area contributed by atoms with Gasteiger partial charge in [0.05, 0.1) is 0 Å². The summed E-state index contributed by atoms with van der Waals surface area (Å²) in [7, 11) is 0. The van der Waals surface area contributed by atoms with Gasteiger partial charge in [-0.25, -0.2) is 0 Å². The van der Waals surface area contributed by atoms with Crippen molar-refractivity contribution in [2.24, 2.45) is 5.92 Å². The summed E-state index contributed by atoms with van der Waals surface area (Å²) in [6, 6.07) is 6.60. The Morgan fingerprint density at radius 3 is 2.61 bits per heavy atom. The van der Waals surface area contributed by atoms with E-state index in [0.717, 1.165) is 11.2 Å². The molecule has 0 aromatic heterocycles. The molecule has 1 aromatic carbocycles. The van der Waals surface area contributed by atoms with Crippen molar-refractivity contribution >= 4 is 37.5 Å². The number of alkyl halides is 1. The van der Waals surface area contributed by atoms with Gasteiger partial charge in [-0.15, -0.1) is 0 Å². The molecule has 0 aliphatic carbocycles. The molecule has 3 heteroatoms. The Morgan fingerprint density at radius 2 is 2.00 bits per heavy atom. The average molecular weight is 375 g/mol. The van der Waals surface area contributed by atoms with E-state index < -0.39 is 0 Å². The summed E-state index contributed by atoms with van der Waals surface area (Å²) in [5, 5.41) is 0.935. The number of benzene rings is 1. The van der Waals surface area contributed by atoms with E-state index in [4.69, 9.17) is 0 Å². The van der Waals surface area contributed by atoms with Crippen LogP contribution >= 0.6 is 31.9 Å². The Kier molecular flexibility index (Phi) is 5.56. The highest BCUT2D eigenvalue weighted by molar-refractivity contribution is 9.10. The zero-order valence-corrected chi connectivity index (χ0v) is 14.1. The minimum atomic E-state index is 0.935. The van der Waals surface area contributed by atoms with Crippen molar-refractivity contribution in [1.82, 2.24) is 0 Å². The molecule has 100 valence electrons. The molecular weight excluding hydrogens is 354 g/mol. The van der Waals surface area contributed by atoms with E-state index >= 15 is 0 Å². The predicted octanol–water partition coefficient (Wildman–Crippen LogP) is 5.36. The van der Waals surface area contributed by atoms with Gasteiger partial charge >= 0.3 is 0 Å². The summed E-state index contributed by atoms with van der Waals surface area (Å²) in [6.07, 6.45) is 5.43. The molecule has 1 fully saturated rings. The van der Waals surface area contributed by atoms with Gasteiger partial charge in [-0.2, -0.15) is 0 Å². The molecule has 0 atom stereocenters.